The van der Waals surface area contributed by atoms with Crippen LogP contribution in [0.4, 0.5) is 0 Å². The predicted molar refractivity (Wildman–Crippen MR) is 92.1 cm³/mol. The van der Waals surface area contributed by atoms with Crippen LogP contribution in [-0.2, 0) is 6.54 Å². The third-order valence-electron chi connectivity index (χ3n) is 2.67. The molecule has 0 saturated heterocycles. The van der Waals surface area contributed by atoms with Crippen LogP contribution < -0.4 is 10.6 Å². The molecular formula is C14H25IN4. The highest BCUT2D eigenvalue weighted by Gasteiger charge is 1.99. The van der Waals surface area contributed by atoms with Crippen molar-refractivity contribution in [1.82, 2.24) is 15.6 Å². The second kappa shape index (κ2) is 11.0. The summed E-state index contributed by atoms with van der Waals surface area (Å²) in [5, 5.41) is 6.56. The second-order valence-electron chi connectivity index (χ2n) is 4.24. The first kappa shape index (κ1) is 18.1. The number of unbranched alkanes of at least 4 members (excludes halogenated alkanes) is 1. The maximum absolute atomic E-state index is 4.55. The van der Waals surface area contributed by atoms with Crippen molar-refractivity contribution in [3.63, 3.8) is 0 Å². The van der Waals surface area contributed by atoms with Crippen LogP contribution in [-0.4, -0.2) is 24.0 Å². The molecular weight excluding hydrogens is 351 g/mol. The fourth-order valence-corrected chi connectivity index (χ4v) is 1.56. The highest BCUT2D eigenvalue weighted by Crippen LogP contribution is 2.04. The molecule has 2 N–H and O–H groups in total. The van der Waals surface area contributed by atoms with Gasteiger partial charge in [0.25, 0.3) is 0 Å². The van der Waals surface area contributed by atoms with Crippen LogP contribution in [0.1, 0.15) is 37.9 Å². The molecule has 5 heteroatoms. The smallest absolute Gasteiger partial charge is 0.191 e. The molecule has 4 nitrogen and oxygen atoms in total. The van der Waals surface area contributed by atoms with Gasteiger partial charge in [-0.3, -0.25) is 4.98 Å². The van der Waals surface area contributed by atoms with Crippen molar-refractivity contribution >= 4 is 29.9 Å². The Hall–Kier alpha value is -0.850. The fraction of sp³-hybridized carbons (Fsp3) is 0.571. The number of halogens is 1. The Labute approximate surface area is 133 Å². The molecule has 1 heterocycles. The van der Waals surface area contributed by atoms with E-state index in [1.54, 1.807) is 0 Å². The van der Waals surface area contributed by atoms with E-state index in [2.05, 4.69) is 47.4 Å². The first-order valence-corrected chi connectivity index (χ1v) is 6.70. The van der Waals surface area contributed by atoms with Crippen molar-refractivity contribution in [2.24, 2.45) is 4.99 Å². The van der Waals surface area contributed by atoms with Crippen molar-refractivity contribution < 1.29 is 0 Å². The fourth-order valence-electron chi connectivity index (χ4n) is 1.56. The Morgan fingerprint density at radius 3 is 2.74 bits per heavy atom. The van der Waals surface area contributed by atoms with Gasteiger partial charge < -0.3 is 10.6 Å². The third kappa shape index (κ3) is 7.34. The number of pyridine rings is 1. The number of aryl methyl sites for hydroxylation is 1. The van der Waals surface area contributed by atoms with Crippen LogP contribution in [0.5, 0.6) is 0 Å². The first-order chi connectivity index (χ1) is 8.77. The van der Waals surface area contributed by atoms with Gasteiger partial charge in [0.05, 0.1) is 12.2 Å². The van der Waals surface area contributed by atoms with Crippen LogP contribution in [0.15, 0.2) is 23.3 Å². The molecule has 0 atom stereocenters. The van der Waals surface area contributed by atoms with Gasteiger partial charge in [-0.2, -0.15) is 0 Å². The molecule has 0 unspecified atom stereocenters. The Kier molecular flexibility index (Phi) is 10.5. The Balaban J connectivity index is 0.00000324. The van der Waals surface area contributed by atoms with Crippen LogP contribution in [0.25, 0.3) is 0 Å². The van der Waals surface area contributed by atoms with E-state index in [4.69, 9.17) is 0 Å². The largest absolute Gasteiger partial charge is 0.357 e. The van der Waals surface area contributed by atoms with E-state index >= 15 is 0 Å². The number of aromatic nitrogens is 1. The summed E-state index contributed by atoms with van der Waals surface area (Å²) < 4.78 is 0. The number of guanidine groups is 1. The quantitative estimate of drug-likeness (QED) is 0.348. The van der Waals surface area contributed by atoms with Crippen LogP contribution >= 0.6 is 24.0 Å². The average molecular weight is 376 g/mol. The Morgan fingerprint density at radius 2 is 2.11 bits per heavy atom. The minimum absolute atomic E-state index is 0. The average Bonchev–Trinajstić information content (AvgIpc) is 2.38. The van der Waals surface area contributed by atoms with Crippen LogP contribution in [0.2, 0.25) is 0 Å². The standard InChI is InChI=1S/C14H24N4.HI/c1-4-6-9-17-14(15-5-2)18-11-13-12(3)8-7-10-16-13;/h7-8,10H,4-6,9,11H2,1-3H3,(H2,15,17,18);1H. The van der Waals surface area contributed by atoms with Crippen LogP contribution in [0, 0.1) is 6.92 Å². The van der Waals surface area contributed by atoms with Gasteiger partial charge in [-0.1, -0.05) is 19.4 Å². The van der Waals surface area contributed by atoms with Crippen molar-refractivity contribution in [2.45, 2.75) is 40.2 Å². The zero-order valence-electron chi connectivity index (χ0n) is 12.1. The van der Waals surface area contributed by atoms with Gasteiger partial charge in [-0.05, 0) is 31.9 Å². The summed E-state index contributed by atoms with van der Waals surface area (Å²) >= 11 is 0. The van der Waals surface area contributed by atoms with Crippen LogP contribution in [0.3, 0.4) is 0 Å². The number of aliphatic imine (C=N–C) groups is 1. The number of rotatable bonds is 6. The van der Waals surface area contributed by atoms with E-state index in [-0.39, 0.29) is 24.0 Å². The molecule has 1 aromatic heterocycles. The zero-order valence-corrected chi connectivity index (χ0v) is 14.4. The van der Waals surface area contributed by atoms with Crippen molar-refractivity contribution in [3.05, 3.63) is 29.6 Å². The lowest BCUT2D eigenvalue weighted by Gasteiger charge is -2.10. The van der Waals surface area contributed by atoms with Crippen molar-refractivity contribution in [3.8, 4) is 0 Å². The summed E-state index contributed by atoms with van der Waals surface area (Å²) in [5.41, 5.74) is 2.22. The SMILES string of the molecule is CCCCNC(=NCc1ncccc1C)NCC.I. The lowest BCUT2D eigenvalue weighted by molar-refractivity contribution is 0.729. The molecule has 1 rings (SSSR count). The molecule has 0 aliphatic heterocycles. The molecule has 0 bridgehead atoms. The Bertz CT molecular complexity index is 379. The summed E-state index contributed by atoms with van der Waals surface area (Å²) in [6, 6.07) is 4.02. The highest BCUT2D eigenvalue weighted by atomic mass is 127. The lowest BCUT2D eigenvalue weighted by atomic mass is 10.2. The van der Waals surface area contributed by atoms with E-state index in [1.807, 2.05) is 12.3 Å². The number of hydrogen-bond acceptors (Lipinski definition) is 2. The number of nitrogens with zero attached hydrogens (tertiary/aromatic N) is 2. The van der Waals surface area contributed by atoms with E-state index in [1.165, 1.54) is 12.0 Å². The summed E-state index contributed by atoms with van der Waals surface area (Å²) in [6.45, 7) is 8.78. The van der Waals surface area contributed by atoms with Gasteiger partial charge in [0, 0.05) is 19.3 Å². The molecule has 0 spiro atoms. The third-order valence-corrected chi connectivity index (χ3v) is 2.67. The molecule has 19 heavy (non-hydrogen) atoms. The number of nitrogens with one attached hydrogen (secondary N) is 2. The van der Waals surface area contributed by atoms with Crippen molar-refractivity contribution in [1.29, 1.82) is 0 Å². The number of hydrogen-bond donors (Lipinski definition) is 2. The predicted octanol–water partition coefficient (Wildman–Crippen LogP) is 2.86. The monoisotopic (exact) mass is 376 g/mol. The summed E-state index contributed by atoms with van der Waals surface area (Å²) in [5.74, 6) is 0.871. The molecule has 108 valence electrons. The normalized spacial score (nSPS) is 10.8. The van der Waals surface area contributed by atoms with E-state index in [0.717, 1.165) is 31.2 Å². The molecule has 0 fully saturated rings. The van der Waals surface area contributed by atoms with Gasteiger partial charge in [-0.15, -0.1) is 24.0 Å². The summed E-state index contributed by atoms with van der Waals surface area (Å²) in [7, 11) is 0. The first-order valence-electron chi connectivity index (χ1n) is 6.70. The van der Waals surface area contributed by atoms with Gasteiger partial charge >= 0.3 is 0 Å². The molecule has 0 radical (unpaired) electrons. The second-order valence-corrected chi connectivity index (χ2v) is 4.24. The minimum Gasteiger partial charge on any atom is -0.357 e. The van der Waals surface area contributed by atoms with Crippen molar-refractivity contribution in [2.75, 3.05) is 13.1 Å². The van der Waals surface area contributed by atoms with E-state index < -0.39 is 0 Å². The summed E-state index contributed by atoms with van der Waals surface area (Å²) in [6.07, 6.45) is 4.16. The minimum atomic E-state index is 0. The topological polar surface area (TPSA) is 49.3 Å². The molecule has 0 aromatic carbocycles. The summed E-state index contributed by atoms with van der Waals surface area (Å²) in [4.78, 5) is 8.89. The zero-order chi connectivity index (χ0) is 13.2. The van der Waals surface area contributed by atoms with Gasteiger partial charge in [0.15, 0.2) is 5.96 Å². The van der Waals surface area contributed by atoms with E-state index in [9.17, 15) is 0 Å². The molecule has 0 amide bonds. The van der Waals surface area contributed by atoms with Gasteiger partial charge in [-0.25, -0.2) is 4.99 Å². The maximum Gasteiger partial charge on any atom is 0.191 e. The van der Waals surface area contributed by atoms with Gasteiger partial charge in [0.1, 0.15) is 0 Å². The molecule has 0 saturated carbocycles. The molecule has 0 aliphatic rings. The lowest BCUT2D eigenvalue weighted by Crippen LogP contribution is -2.37. The Morgan fingerprint density at radius 1 is 1.32 bits per heavy atom. The molecule has 0 aliphatic carbocycles. The van der Waals surface area contributed by atoms with E-state index in [0.29, 0.717) is 6.54 Å². The maximum atomic E-state index is 4.55. The molecule has 1 aromatic rings. The highest BCUT2D eigenvalue weighted by molar-refractivity contribution is 14.0. The van der Waals surface area contributed by atoms with Gasteiger partial charge in [0.2, 0.25) is 0 Å².